The maximum absolute atomic E-state index is 5.84. The molecule has 0 spiro atoms. The van der Waals surface area contributed by atoms with Crippen LogP contribution in [0.4, 0.5) is 0 Å². The van der Waals surface area contributed by atoms with Gasteiger partial charge in [-0.3, -0.25) is 0 Å². The van der Waals surface area contributed by atoms with Crippen LogP contribution in [0, 0.1) is 5.92 Å². The molecule has 1 heterocycles. The number of nitrogens with one attached hydrogen (secondary N) is 1. The van der Waals surface area contributed by atoms with Crippen molar-refractivity contribution < 1.29 is 9.47 Å². The molecule has 1 aliphatic heterocycles. The summed E-state index contributed by atoms with van der Waals surface area (Å²) in [7, 11) is 1.97. The molecule has 3 nitrogen and oxygen atoms in total. The molecule has 1 aromatic carbocycles. The Balaban J connectivity index is 1.82. The van der Waals surface area contributed by atoms with Crippen LogP contribution in [0.25, 0.3) is 0 Å². The summed E-state index contributed by atoms with van der Waals surface area (Å²) in [5.41, 5.74) is 1.29. The first-order valence-corrected chi connectivity index (χ1v) is 6.77. The van der Waals surface area contributed by atoms with E-state index in [-0.39, 0.29) is 0 Å². The maximum Gasteiger partial charge on any atom is 0.119 e. The lowest BCUT2D eigenvalue weighted by atomic mass is 10.0. The summed E-state index contributed by atoms with van der Waals surface area (Å²) in [6, 6.07) is 8.75. The van der Waals surface area contributed by atoms with Crippen LogP contribution < -0.4 is 10.1 Å². The Morgan fingerprint density at radius 1 is 1.28 bits per heavy atom. The van der Waals surface area contributed by atoms with E-state index in [1.165, 1.54) is 5.56 Å². The van der Waals surface area contributed by atoms with Crippen LogP contribution in [0.5, 0.6) is 5.75 Å². The predicted molar refractivity (Wildman–Crippen MR) is 73.0 cm³/mol. The van der Waals surface area contributed by atoms with E-state index in [9.17, 15) is 0 Å². The molecular formula is C15H23NO2. The Labute approximate surface area is 109 Å². The Hall–Kier alpha value is -1.06. The highest BCUT2D eigenvalue weighted by atomic mass is 16.5. The second kappa shape index (κ2) is 6.76. The summed E-state index contributed by atoms with van der Waals surface area (Å²) < 4.78 is 11.2. The lowest BCUT2D eigenvalue weighted by molar-refractivity contribution is 0.0497. The molecule has 0 aliphatic carbocycles. The molecule has 1 aromatic rings. The van der Waals surface area contributed by atoms with Crippen LogP contribution in [0.15, 0.2) is 24.3 Å². The van der Waals surface area contributed by atoms with E-state index < -0.39 is 0 Å². The standard InChI is InChI=1S/C15H23NO2/c1-12(16-2)14-3-5-15(6-4-14)18-11-13-7-9-17-10-8-13/h3-6,12-13,16H,7-11H2,1-2H3. The SMILES string of the molecule is CNC(C)c1ccc(OCC2CCOCC2)cc1. The fourth-order valence-corrected chi connectivity index (χ4v) is 2.15. The summed E-state index contributed by atoms with van der Waals surface area (Å²) >= 11 is 0. The van der Waals surface area contributed by atoms with Crippen molar-refractivity contribution in [3.05, 3.63) is 29.8 Å². The normalized spacial score (nSPS) is 18.6. The van der Waals surface area contributed by atoms with E-state index in [0.29, 0.717) is 12.0 Å². The lowest BCUT2D eigenvalue weighted by Crippen LogP contribution is -2.21. The first kappa shape index (κ1) is 13.4. The van der Waals surface area contributed by atoms with Gasteiger partial charge < -0.3 is 14.8 Å². The Bertz CT molecular complexity index is 344. The minimum Gasteiger partial charge on any atom is -0.493 e. The Morgan fingerprint density at radius 3 is 2.56 bits per heavy atom. The van der Waals surface area contributed by atoms with Gasteiger partial charge in [0.2, 0.25) is 0 Å². The van der Waals surface area contributed by atoms with Gasteiger partial charge in [0.15, 0.2) is 0 Å². The molecule has 1 aliphatic rings. The zero-order chi connectivity index (χ0) is 12.8. The molecule has 1 fully saturated rings. The number of hydrogen-bond donors (Lipinski definition) is 1. The third kappa shape index (κ3) is 3.72. The van der Waals surface area contributed by atoms with E-state index >= 15 is 0 Å². The topological polar surface area (TPSA) is 30.5 Å². The summed E-state index contributed by atoms with van der Waals surface area (Å²) in [4.78, 5) is 0. The highest BCUT2D eigenvalue weighted by molar-refractivity contribution is 5.28. The molecule has 0 bridgehead atoms. The van der Waals surface area contributed by atoms with Crippen molar-refractivity contribution in [3.8, 4) is 5.75 Å². The van der Waals surface area contributed by atoms with Gasteiger partial charge in [-0.15, -0.1) is 0 Å². The van der Waals surface area contributed by atoms with Crippen molar-refractivity contribution in [2.24, 2.45) is 5.92 Å². The van der Waals surface area contributed by atoms with E-state index in [1.807, 2.05) is 7.05 Å². The van der Waals surface area contributed by atoms with Gasteiger partial charge in [-0.1, -0.05) is 12.1 Å². The van der Waals surface area contributed by atoms with Gasteiger partial charge in [-0.2, -0.15) is 0 Å². The molecule has 3 heteroatoms. The van der Waals surface area contributed by atoms with Gasteiger partial charge in [0.1, 0.15) is 5.75 Å². The van der Waals surface area contributed by atoms with Crippen molar-refractivity contribution >= 4 is 0 Å². The molecule has 0 radical (unpaired) electrons. The molecule has 0 amide bonds. The van der Waals surface area contributed by atoms with Crippen molar-refractivity contribution in [3.63, 3.8) is 0 Å². The average Bonchev–Trinajstić information content (AvgIpc) is 2.46. The van der Waals surface area contributed by atoms with Gasteiger partial charge in [-0.05, 0) is 50.4 Å². The first-order valence-electron chi connectivity index (χ1n) is 6.77. The van der Waals surface area contributed by atoms with Crippen molar-refractivity contribution in [1.82, 2.24) is 5.32 Å². The molecule has 0 aromatic heterocycles. The largest absolute Gasteiger partial charge is 0.493 e. The number of hydrogen-bond acceptors (Lipinski definition) is 3. The van der Waals surface area contributed by atoms with Crippen LogP contribution in [0.3, 0.4) is 0 Å². The number of benzene rings is 1. The molecule has 1 unspecified atom stereocenters. The molecule has 1 atom stereocenters. The first-order chi connectivity index (χ1) is 8.79. The third-order valence-electron chi connectivity index (χ3n) is 3.64. The van der Waals surface area contributed by atoms with Crippen LogP contribution in [0.2, 0.25) is 0 Å². The summed E-state index contributed by atoms with van der Waals surface area (Å²) in [5, 5.41) is 3.23. The van der Waals surface area contributed by atoms with Crippen molar-refractivity contribution in [1.29, 1.82) is 0 Å². The van der Waals surface area contributed by atoms with Crippen LogP contribution in [-0.2, 0) is 4.74 Å². The van der Waals surface area contributed by atoms with Crippen molar-refractivity contribution in [2.75, 3.05) is 26.9 Å². The minimum atomic E-state index is 0.384. The van der Waals surface area contributed by atoms with Gasteiger partial charge in [-0.25, -0.2) is 0 Å². The van der Waals surface area contributed by atoms with E-state index in [1.54, 1.807) is 0 Å². The van der Waals surface area contributed by atoms with E-state index in [0.717, 1.165) is 38.4 Å². The smallest absolute Gasteiger partial charge is 0.119 e. The van der Waals surface area contributed by atoms with Gasteiger partial charge in [0.25, 0.3) is 0 Å². The van der Waals surface area contributed by atoms with E-state index in [4.69, 9.17) is 9.47 Å². The molecule has 100 valence electrons. The zero-order valence-electron chi connectivity index (χ0n) is 11.3. The Kier molecular flexibility index (Phi) is 5.02. The summed E-state index contributed by atoms with van der Waals surface area (Å²) in [6.07, 6.45) is 2.24. The third-order valence-corrected chi connectivity index (χ3v) is 3.64. The van der Waals surface area contributed by atoms with E-state index in [2.05, 4.69) is 36.5 Å². The fourth-order valence-electron chi connectivity index (χ4n) is 2.15. The highest BCUT2D eigenvalue weighted by Gasteiger charge is 2.14. The van der Waals surface area contributed by atoms with Gasteiger partial charge in [0.05, 0.1) is 6.61 Å². The minimum absolute atomic E-state index is 0.384. The van der Waals surface area contributed by atoms with Crippen molar-refractivity contribution in [2.45, 2.75) is 25.8 Å². The summed E-state index contributed by atoms with van der Waals surface area (Å²) in [6.45, 7) is 4.72. The van der Waals surface area contributed by atoms with Crippen LogP contribution in [0.1, 0.15) is 31.4 Å². The number of rotatable bonds is 5. The summed E-state index contributed by atoms with van der Waals surface area (Å²) in [5.74, 6) is 1.61. The van der Waals surface area contributed by atoms with Gasteiger partial charge >= 0.3 is 0 Å². The monoisotopic (exact) mass is 249 g/mol. The van der Waals surface area contributed by atoms with Gasteiger partial charge in [0, 0.05) is 19.3 Å². The molecule has 1 N–H and O–H groups in total. The second-order valence-electron chi connectivity index (χ2n) is 4.95. The lowest BCUT2D eigenvalue weighted by Gasteiger charge is -2.22. The van der Waals surface area contributed by atoms with Crippen LogP contribution >= 0.6 is 0 Å². The molecule has 0 saturated carbocycles. The Morgan fingerprint density at radius 2 is 1.94 bits per heavy atom. The molecule has 18 heavy (non-hydrogen) atoms. The quantitative estimate of drug-likeness (QED) is 0.870. The second-order valence-corrected chi connectivity index (χ2v) is 4.95. The fraction of sp³-hybridized carbons (Fsp3) is 0.600. The maximum atomic E-state index is 5.84. The number of ether oxygens (including phenoxy) is 2. The zero-order valence-corrected chi connectivity index (χ0v) is 11.3. The molecule has 1 saturated heterocycles. The molecular weight excluding hydrogens is 226 g/mol. The highest BCUT2D eigenvalue weighted by Crippen LogP contribution is 2.20. The predicted octanol–water partition coefficient (Wildman–Crippen LogP) is 2.77. The molecule has 2 rings (SSSR count). The average molecular weight is 249 g/mol. The van der Waals surface area contributed by atoms with Crippen LogP contribution in [-0.4, -0.2) is 26.9 Å².